The summed E-state index contributed by atoms with van der Waals surface area (Å²) in [6.07, 6.45) is -0.472. The third-order valence-corrected chi connectivity index (χ3v) is 8.57. The van der Waals surface area contributed by atoms with Gasteiger partial charge < -0.3 is 15.0 Å². The second-order valence-corrected chi connectivity index (χ2v) is 11.0. The van der Waals surface area contributed by atoms with E-state index in [4.69, 9.17) is 4.74 Å². The van der Waals surface area contributed by atoms with Crippen molar-refractivity contribution in [3.05, 3.63) is 76.4 Å². The largest absolute Gasteiger partial charge is 0.366 e. The van der Waals surface area contributed by atoms with Crippen LogP contribution in [0.3, 0.4) is 0 Å². The number of aromatic nitrogens is 1. The van der Waals surface area contributed by atoms with Gasteiger partial charge in [-0.15, -0.1) is 0 Å². The summed E-state index contributed by atoms with van der Waals surface area (Å²) in [7, 11) is -4.08. The molecule has 1 saturated heterocycles. The Morgan fingerprint density at radius 2 is 1.94 bits per heavy atom. The Hall–Kier alpha value is -3.05. The first-order chi connectivity index (χ1) is 16.9. The molecular formula is C25H22BrN3O5S. The van der Waals surface area contributed by atoms with Gasteiger partial charge in [-0.25, -0.2) is 8.42 Å². The highest BCUT2D eigenvalue weighted by Crippen LogP contribution is 2.31. The zero-order chi connectivity index (χ0) is 24.6. The van der Waals surface area contributed by atoms with Crippen molar-refractivity contribution < 1.29 is 22.7 Å². The Morgan fingerprint density at radius 1 is 1.14 bits per heavy atom. The number of nitrogens with zero attached hydrogens (tertiary/aromatic N) is 1. The molecule has 2 heterocycles. The summed E-state index contributed by atoms with van der Waals surface area (Å²) in [6.45, 7) is 0.281. The number of benzene rings is 3. The van der Waals surface area contributed by atoms with Crippen LogP contribution in [0.4, 0.5) is 0 Å². The standard InChI is InChI=1S/C25H22BrN3O5S/c26-18-8-9-21-20(12-18)24(22(15-30)28-21)35(32,33)29-10-11-34-23(14-29)25(31)27-13-17-6-3-5-16-4-1-2-7-19(16)17/h1-9,12,15,23,28H,10-11,13-14H2,(H,27,31). The van der Waals surface area contributed by atoms with Gasteiger partial charge in [-0.1, -0.05) is 58.4 Å². The number of halogens is 1. The number of aromatic amines is 1. The molecule has 0 bridgehead atoms. The van der Waals surface area contributed by atoms with Crippen molar-refractivity contribution >= 4 is 59.8 Å². The smallest absolute Gasteiger partial charge is 0.250 e. The lowest BCUT2D eigenvalue weighted by molar-refractivity contribution is -0.136. The molecule has 3 aromatic carbocycles. The van der Waals surface area contributed by atoms with Crippen LogP contribution in [-0.2, 0) is 26.1 Å². The summed E-state index contributed by atoms with van der Waals surface area (Å²) in [4.78, 5) is 27.4. The molecule has 180 valence electrons. The van der Waals surface area contributed by atoms with Gasteiger partial charge in [0.15, 0.2) is 6.29 Å². The first-order valence-electron chi connectivity index (χ1n) is 11.0. The Balaban J connectivity index is 1.36. The number of carbonyl (C=O) groups is 2. The van der Waals surface area contributed by atoms with E-state index in [0.29, 0.717) is 28.2 Å². The summed E-state index contributed by atoms with van der Waals surface area (Å²) >= 11 is 3.36. The number of amides is 1. The summed E-state index contributed by atoms with van der Waals surface area (Å²) in [5.74, 6) is -0.393. The first-order valence-corrected chi connectivity index (χ1v) is 13.2. The third-order valence-electron chi connectivity index (χ3n) is 6.11. The molecule has 1 unspecified atom stereocenters. The van der Waals surface area contributed by atoms with Crippen molar-refractivity contribution in [2.45, 2.75) is 17.5 Å². The number of morpholine rings is 1. The van der Waals surface area contributed by atoms with Crippen molar-refractivity contribution in [3.63, 3.8) is 0 Å². The van der Waals surface area contributed by atoms with E-state index in [9.17, 15) is 18.0 Å². The van der Waals surface area contributed by atoms with Crippen LogP contribution < -0.4 is 5.32 Å². The quantitative estimate of drug-likeness (QED) is 0.353. The van der Waals surface area contributed by atoms with Crippen LogP contribution in [0, 0.1) is 0 Å². The summed E-state index contributed by atoms with van der Waals surface area (Å²) in [6, 6.07) is 18.9. The van der Waals surface area contributed by atoms with E-state index in [2.05, 4.69) is 26.2 Å². The average Bonchev–Trinajstić information content (AvgIpc) is 3.26. The van der Waals surface area contributed by atoms with E-state index in [1.54, 1.807) is 18.2 Å². The first kappa shape index (κ1) is 23.7. The number of hydrogen-bond acceptors (Lipinski definition) is 5. The second-order valence-electron chi connectivity index (χ2n) is 8.25. The minimum absolute atomic E-state index is 0.0263. The molecule has 0 saturated carbocycles. The van der Waals surface area contributed by atoms with E-state index in [-0.39, 0.29) is 30.3 Å². The lowest BCUT2D eigenvalue weighted by atomic mass is 10.0. The van der Waals surface area contributed by atoms with Crippen LogP contribution in [0.2, 0.25) is 0 Å². The maximum Gasteiger partial charge on any atom is 0.250 e. The van der Waals surface area contributed by atoms with Crippen LogP contribution >= 0.6 is 15.9 Å². The molecule has 0 spiro atoms. The van der Waals surface area contributed by atoms with Crippen LogP contribution in [-0.4, -0.2) is 55.7 Å². The average molecular weight is 556 g/mol. The molecule has 8 nitrogen and oxygen atoms in total. The van der Waals surface area contributed by atoms with Crippen molar-refractivity contribution in [1.82, 2.24) is 14.6 Å². The maximum absolute atomic E-state index is 13.6. The summed E-state index contributed by atoms with van der Waals surface area (Å²) < 4.78 is 34.7. The van der Waals surface area contributed by atoms with Crippen molar-refractivity contribution in [3.8, 4) is 0 Å². The summed E-state index contributed by atoms with van der Waals surface area (Å²) in [5.41, 5.74) is 1.46. The van der Waals surface area contributed by atoms with Crippen LogP contribution in [0.15, 0.2) is 70.0 Å². The van der Waals surface area contributed by atoms with Crippen LogP contribution in [0.1, 0.15) is 16.1 Å². The molecule has 35 heavy (non-hydrogen) atoms. The van der Waals surface area contributed by atoms with Crippen molar-refractivity contribution in [1.29, 1.82) is 0 Å². The molecule has 1 atom stereocenters. The lowest BCUT2D eigenvalue weighted by Crippen LogP contribution is -2.51. The molecule has 0 aliphatic carbocycles. The van der Waals surface area contributed by atoms with E-state index >= 15 is 0 Å². The molecule has 5 rings (SSSR count). The Kier molecular flexibility index (Phi) is 6.45. The molecule has 4 aromatic rings. The Bertz CT molecular complexity index is 1540. The molecule has 1 aliphatic rings. The SMILES string of the molecule is O=Cc1[nH]c2ccc(Br)cc2c1S(=O)(=O)N1CCOC(C(=O)NCc2cccc3ccccc23)C1. The second kappa shape index (κ2) is 9.54. The van der Waals surface area contributed by atoms with E-state index < -0.39 is 22.0 Å². The highest BCUT2D eigenvalue weighted by molar-refractivity contribution is 9.10. The van der Waals surface area contributed by atoms with E-state index in [1.807, 2.05) is 42.5 Å². The highest BCUT2D eigenvalue weighted by atomic mass is 79.9. The zero-order valence-corrected chi connectivity index (χ0v) is 20.9. The number of aldehydes is 1. The van der Waals surface area contributed by atoms with Gasteiger partial charge in [0.25, 0.3) is 5.91 Å². The zero-order valence-electron chi connectivity index (χ0n) is 18.5. The molecule has 0 radical (unpaired) electrons. The van der Waals surface area contributed by atoms with Gasteiger partial charge in [-0.05, 0) is 34.5 Å². The van der Waals surface area contributed by atoms with Crippen LogP contribution in [0.25, 0.3) is 21.7 Å². The number of carbonyl (C=O) groups excluding carboxylic acids is 2. The topological polar surface area (TPSA) is 109 Å². The predicted molar refractivity (Wildman–Crippen MR) is 136 cm³/mol. The van der Waals surface area contributed by atoms with Gasteiger partial charge in [-0.3, -0.25) is 9.59 Å². The number of H-pyrrole nitrogens is 1. The molecular weight excluding hydrogens is 534 g/mol. The third kappa shape index (κ3) is 4.50. The van der Waals surface area contributed by atoms with Gasteiger partial charge in [-0.2, -0.15) is 4.31 Å². The number of fused-ring (bicyclic) bond motifs is 2. The molecule has 1 fully saturated rings. The maximum atomic E-state index is 13.6. The van der Waals surface area contributed by atoms with Gasteiger partial charge >= 0.3 is 0 Å². The molecule has 10 heteroatoms. The minimum Gasteiger partial charge on any atom is -0.366 e. The summed E-state index contributed by atoms with van der Waals surface area (Å²) in [5, 5.41) is 5.39. The van der Waals surface area contributed by atoms with Gasteiger partial charge in [0.05, 0.1) is 12.3 Å². The Labute approximate surface area is 210 Å². The fraction of sp³-hybridized carbons (Fsp3) is 0.200. The number of sulfonamides is 1. The molecule has 1 amide bonds. The van der Waals surface area contributed by atoms with Gasteiger partial charge in [0.1, 0.15) is 11.0 Å². The number of nitrogens with one attached hydrogen (secondary N) is 2. The van der Waals surface area contributed by atoms with Crippen molar-refractivity contribution in [2.24, 2.45) is 0 Å². The number of hydrogen-bond donors (Lipinski definition) is 2. The number of ether oxygens (including phenoxy) is 1. The van der Waals surface area contributed by atoms with E-state index in [1.165, 1.54) is 4.31 Å². The predicted octanol–water partition coefficient (Wildman–Crippen LogP) is 3.60. The molecule has 1 aliphatic heterocycles. The van der Waals surface area contributed by atoms with Gasteiger partial charge in [0, 0.05) is 35.0 Å². The molecule has 1 aromatic heterocycles. The van der Waals surface area contributed by atoms with Gasteiger partial charge in [0.2, 0.25) is 10.0 Å². The van der Waals surface area contributed by atoms with E-state index in [0.717, 1.165) is 16.3 Å². The molecule has 2 N–H and O–H groups in total. The highest BCUT2D eigenvalue weighted by Gasteiger charge is 2.37. The monoisotopic (exact) mass is 555 g/mol. The van der Waals surface area contributed by atoms with Crippen molar-refractivity contribution in [2.75, 3.05) is 19.7 Å². The normalized spacial score (nSPS) is 17.0. The van der Waals surface area contributed by atoms with Crippen LogP contribution in [0.5, 0.6) is 0 Å². The lowest BCUT2D eigenvalue weighted by Gasteiger charge is -2.31. The number of rotatable bonds is 6. The fourth-order valence-electron chi connectivity index (χ4n) is 4.40. The Morgan fingerprint density at radius 3 is 2.77 bits per heavy atom. The fourth-order valence-corrected chi connectivity index (χ4v) is 6.49. The minimum atomic E-state index is -4.08.